The summed E-state index contributed by atoms with van der Waals surface area (Å²) in [6.45, 7) is 1.85. The van der Waals surface area contributed by atoms with Crippen molar-refractivity contribution in [2.24, 2.45) is 0 Å². The molecule has 0 radical (unpaired) electrons. The molecule has 1 heterocycles. The minimum atomic E-state index is -0.247. The van der Waals surface area contributed by atoms with E-state index >= 15 is 0 Å². The summed E-state index contributed by atoms with van der Waals surface area (Å²) in [5.74, 6) is 0.179. The van der Waals surface area contributed by atoms with Crippen molar-refractivity contribution >= 4 is 11.6 Å². The number of hydrogen-bond donors (Lipinski definition) is 2. The van der Waals surface area contributed by atoms with Crippen LogP contribution in [0, 0.1) is 5.82 Å². The molecule has 0 aliphatic carbocycles. The fourth-order valence-corrected chi connectivity index (χ4v) is 1.51. The van der Waals surface area contributed by atoms with Crippen LogP contribution in [0.25, 0.3) is 0 Å². The molecule has 1 unspecified atom stereocenters. The van der Waals surface area contributed by atoms with E-state index < -0.39 is 0 Å². The standard InChI is InChI=1S/C12H13FN4/c1-8(10-4-2-3-5-11(10)13)17-12-15-6-9(14)7-16-12/h2-8H,14H2,1H3,(H,15,16,17). The summed E-state index contributed by atoms with van der Waals surface area (Å²) in [6, 6.07) is 6.40. The molecule has 0 saturated heterocycles. The Morgan fingerprint density at radius 1 is 1.24 bits per heavy atom. The lowest BCUT2D eigenvalue weighted by Crippen LogP contribution is -2.11. The number of rotatable bonds is 3. The summed E-state index contributed by atoms with van der Waals surface area (Å²) in [7, 11) is 0. The average Bonchev–Trinajstić information content (AvgIpc) is 2.32. The number of nitrogens with one attached hydrogen (secondary N) is 1. The van der Waals surface area contributed by atoms with Crippen LogP contribution in [0.5, 0.6) is 0 Å². The van der Waals surface area contributed by atoms with Gasteiger partial charge in [-0.15, -0.1) is 0 Å². The van der Waals surface area contributed by atoms with Gasteiger partial charge in [-0.05, 0) is 13.0 Å². The number of benzene rings is 1. The van der Waals surface area contributed by atoms with E-state index in [9.17, 15) is 4.39 Å². The summed E-state index contributed by atoms with van der Waals surface area (Å²) >= 11 is 0. The van der Waals surface area contributed by atoms with Crippen molar-refractivity contribution in [2.45, 2.75) is 13.0 Å². The maximum Gasteiger partial charge on any atom is 0.223 e. The predicted octanol–water partition coefficient (Wildman–Crippen LogP) is 2.37. The second-order valence-corrected chi connectivity index (χ2v) is 3.73. The number of hydrogen-bond acceptors (Lipinski definition) is 4. The van der Waals surface area contributed by atoms with Gasteiger partial charge in [-0.25, -0.2) is 14.4 Å². The van der Waals surface area contributed by atoms with Gasteiger partial charge >= 0.3 is 0 Å². The Kier molecular flexibility index (Phi) is 3.18. The van der Waals surface area contributed by atoms with Crippen LogP contribution in [0.1, 0.15) is 18.5 Å². The van der Waals surface area contributed by atoms with Crippen molar-refractivity contribution < 1.29 is 4.39 Å². The average molecular weight is 232 g/mol. The van der Waals surface area contributed by atoms with Crippen molar-refractivity contribution in [3.63, 3.8) is 0 Å². The Bertz CT molecular complexity index is 498. The molecule has 5 heteroatoms. The van der Waals surface area contributed by atoms with E-state index in [-0.39, 0.29) is 11.9 Å². The van der Waals surface area contributed by atoms with Crippen LogP contribution in [-0.2, 0) is 0 Å². The largest absolute Gasteiger partial charge is 0.396 e. The van der Waals surface area contributed by atoms with Crippen LogP contribution in [0.15, 0.2) is 36.7 Å². The zero-order valence-electron chi connectivity index (χ0n) is 9.39. The number of anilines is 2. The third-order valence-corrected chi connectivity index (χ3v) is 2.39. The molecule has 17 heavy (non-hydrogen) atoms. The first kappa shape index (κ1) is 11.3. The molecule has 1 aromatic carbocycles. The highest BCUT2D eigenvalue weighted by atomic mass is 19.1. The van der Waals surface area contributed by atoms with Gasteiger partial charge in [-0.1, -0.05) is 18.2 Å². The first-order valence-electron chi connectivity index (χ1n) is 5.25. The van der Waals surface area contributed by atoms with Gasteiger partial charge in [0.1, 0.15) is 5.82 Å². The second-order valence-electron chi connectivity index (χ2n) is 3.73. The van der Waals surface area contributed by atoms with Crippen LogP contribution < -0.4 is 11.1 Å². The molecule has 0 saturated carbocycles. The van der Waals surface area contributed by atoms with Crippen LogP contribution in [0.3, 0.4) is 0 Å². The van der Waals surface area contributed by atoms with E-state index in [1.807, 2.05) is 6.92 Å². The Balaban J connectivity index is 2.14. The molecule has 2 aromatic rings. The first-order valence-corrected chi connectivity index (χ1v) is 5.25. The third-order valence-electron chi connectivity index (χ3n) is 2.39. The number of halogens is 1. The molecule has 3 N–H and O–H groups in total. The van der Waals surface area contributed by atoms with Gasteiger partial charge in [0, 0.05) is 5.56 Å². The van der Waals surface area contributed by atoms with Crippen molar-refractivity contribution in [3.05, 3.63) is 48.0 Å². The third kappa shape index (κ3) is 2.69. The highest BCUT2D eigenvalue weighted by Crippen LogP contribution is 2.19. The summed E-state index contributed by atoms with van der Waals surface area (Å²) in [6.07, 6.45) is 3.01. The Morgan fingerprint density at radius 3 is 2.53 bits per heavy atom. The first-order chi connectivity index (χ1) is 8.16. The quantitative estimate of drug-likeness (QED) is 0.852. The molecular formula is C12H13FN4. The van der Waals surface area contributed by atoms with Gasteiger partial charge in [0.25, 0.3) is 0 Å². The van der Waals surface area contributed by atoms with Crippen molar-refractivity contribution in [3.8, 4) is 0 Å². The molecular weight excluding hydrogens is 219 g/mol. The highest BCUT2D eigenvalue weighted by Gasteiger charge is 2.10. The maximum atomic E-state index is 13.5. The Morgan fingerprint density at radius 2 is 1.88 bits per heavy atom. The van der Waals surface area contributed by atoms with Gasteiger partial charge in [0.2, 0.25) is 5.95 Å². The lowest BCUT2D eigenvalue weighted by atomic mass is 10.1. The lowest BCUT2D eigenvalue weighted by Gasteiger charge is -2.14. The summed E-state index contributed by atoms with van der Waals surface area (Å²) in [5, 5.41) is 3.01. The molecule has 0 fully saturated rings. The predicted molar refractivity (Wildman–Crippen MR) is 64.9 cm³/mol. The number of nitrogens with two attached hydrogens (primary N) is 1. The summed E-state index contributed by atoms with van der Waals surface area (Å²) < 4.78 is 13.5. The van der Waals surface area contributed by atoms with Crippen LogP contribution in [0.4, 0.5) is 16.0 Å². The molecule has 0 bridgehead atoms. The van der Waals surface area contributed by atoms with Crippen LogP contribution in [-0.4, -0.2) is 9.97 Å². The molecule has 1 atom stereocenters. The normalized spacial score (nSPS) is 12.1. The smallest absolute Gasteiger partial charge is 0.223 e. The zero-order chi connectivity index (χ0) is 12.3. The number of nitrogen functional groups attached to an aromatic ring is 1. The minimum Gasteiger partial charge on any atom is -0.396 e. The number of aromatic nitrogens is 2. The van der Waals surface area contributed by atoms with E-state index in [1.54, 1.807) is 18.2 Å². The topological polar surface area (TPSA) is 63.8 Å². The maximum absolute atomic E-state index is 13.5. The highest BCUT2D eigenvalue weighted by molar-refractivity contribution is 5.38. The number of nitrogens with zero attached hydrogens (tertiary/aromatic N) is 2. The van der Waals surface area contributed by atoms with Crippen LogP contribution >= 0.6 is 0 Å². The zero-order valence-corrected chi connectivity index (χ0v) is 9.39. The molecule has 2 rings (SSSR count). The Labute approximate surface area is 98.7 Å². The second kappa shape index (κ2) is 4.78. The molecule has 0 aliphatic rings. The van der Waals surface area contributed by atoms with Crippen molar-refractivity contribution in [1.29, 1.82) is 0 Å². The summed E-state index contributed by atoms with van der Waals surface area (Å²) in [4.78, 5) is 8.01. The molecule has 0 aliphatic heterocycles. The fraction of sp³-hybridized carbons (Fsp3) is 0.167. The Hall–Kier alpha value is -2.17. The molecule has 1 aromatic heterocycles. The lowest BCUT2D eigenvalue weighted by molar-refractivity contribution is 0.599. The molecule has 0 spiro atoms. The van der Waals surface area contributed by atoms with E-state index in [0.29, 0.717) is 17.2 Å². The minimum absolute atomic E-state index is 0.208. The SMILES string of the molecule is CC(Nc1ncc(N)cn1)c1ccccc1F. The molecule has 88 valence electrons. The van der Waals surface area contributed by atoms with Crippen molar-refractivity contribution in [2.75, 3.05) is 11.1 Å². The summed E-state index contributed by atoms with van der Waals surface area (Å²) in [5.41, 5.74) is 6.55. The van der Waals surface area contributed by atoms with E-state index in [1.165, 1.54) is 18.5 Å². The van der Waals surface area contributed by atoms with Crippen molar-refractivity contribution in [1.82, 2.24) is 9.97 Å². The molecule has 0 amide bonds. The van der Waals surface area contributed by atoms with Gasteiger partial charge < -0.3 is 11.1 Å². The van der Waals surface area contributed by atoms with Gasteiger partial charge in [-0.2, -0.15) is 0 Å². The van der Waals surface area contributed by atoms with E-state index in [4.69, 9.17) is 5.73 Å². The van der Waals surface area contributed by atoms with E-state index in [0.717, 1.165) is 0 Å². The monoisotopic (exact) mass is 232 g/mol. The van der Waals surface area contributed by atoms with Crippen LogP contribution in [0.2, 0.25) is 0 Å². The molecule has 4 nitrogen and oxygen atoms in total. The van der Waals surface area contributed by atoms with Gasteiger partial charge in [0.05, 0.1) is 24.1 Å². The van der Waals surface area contributed by atoms with E-state index in [2.05, 4.69) is 15.3 Å². The fourth-order valence-electron chi connectivity index (χ4n) is 1.51. The van der Waals surface area contributed by atoms with Gasteiger partial charge in [-0.3, -0.25) is 0 Å². The van der Waals surface area contributed by atoms with Gasteiger partial charge in [0.15, 0.2) is 0 Å².